The van der Waals surface area contributed by atoms with E-state index in [0.29, 0.717) is 17.7 Å². The third-order valence-electron chi connectivity index (χ3n) is 4.20. The lowest BCUT2D eigenvalue weighted by Crippen LogP contribution is -2.21. The fourth-order valence-corrected chi connectivity index (χ4v) is 3.12. The zero-order valence-corrected chi connectivity index (χ0v) is 13.6. The summed E-state index contributed by atoms with van der Waals surface area (Å²) in [6.07, 6.45) is 0.456. The number of Topliss-reactive ketones (excluding diaryl/α,β-unsaturated/α-hetero) is 1. The molecule has 4 nitrogen and oxygen atoms in total. The summed E-state index contributed by atoms with van der Waals surface area (Å²) in [5, 5.41) is 2.46. The Morgan fingerprint density at radius 3 is 2.79 bits per heavy atom. The van der Waals surface area contributed by atoms with Crippen molar-refractivity contribution in [3.8, 4) is 5.75 Å². The molecule has 0 spiro atoms. The molecule has 0 bridgehead atoms. The molecule has 2 aromatic carbocycles. The van der Waals surface area contributed by atoms with Crippen LogP contribution < -0.4 is 10.1 Å². The smallest absolute Gasteiger partial charge is 0.262 e. The van der Waals surface area contributed by atoms with Gasteiger partial charge in [0.15, 0.2) is 12.4 Å². The number of benzene rings is 2. The van der Waals surface area contributed by atoms with Gasteiger partial charge in [0.25, 0.3) is 5.91 Å². The third-order valence-corrected chi connectivity index (χ3v) is 4.20. The maximum absolute atomic E-state index is 13.5. The van der Waals surface area contributed by atoms with Crippen LogP contribution in [-0.2, 0) is 4.79 Å². The van der Waals surface area contributed by atoms with Crippen molar-refractivity contribution >= 4 is 17.4 Å². The molecule has 1 aliphatic rings. The van der Waals surface area contributed by atoms with E-state index in [1.165, 1.54) is 12.1 Å². The molecule has 1 amide bonds. The molecule has 2 aromatic rings. The number of ketones is 1. The van der Waals surface area contributed by atoms with Crippen LogP contribution >= 0.6 is 0 Å². The molecule has 3 rings (SSSR count). The molecular weight excluding hydrogens is 309 g/mol. The minimum absolute atomic E-state index is 0.0331. The topological polar surface area (TPSA) is 55.4 Å². The Labute approximate surface area is 139 Å². The fourth-order valence-electron chi connectivity index (χ4n) is 3.12. The molecule has 24 heavy (non-hydrogen) atoms. The zero-order valence-electron chi connectivity index (χ0n) is 13.6. The number of anilines is 1. The number of hydrogen-bond donors (Lipinski definition) is 1. The predicted octanol–water partition coefficient (Wildman–Crippen LogP) is 3.84. The van der Waals surface area contributed by atoms with Crippen LogP contribution in [0.25, 0.3) is 0 Å². The van der Waals surface area contributed by atoms with Gasteiger partial charge in [0.1, 0.15) is 11.6 Å². The maximum atomic E-state index is 13.5. The van der Waals surface area contributed by atoms with E-state index in [0.717, 1.165) is 11.1 Å². The van der Waals surface area contributed by atoms with E-state index in [1.807, 2.05) is 19.9 Å². The summed E-state index contributed by atoms with van der Waals surface area (Å²) >= 11 is 0. The van der Waals surface area contributed by atoms with E-state index >= 15 is 0 Å². The molecule has 1 aliphatic carbocycles. The largest absolute Gasteiger partial charge is 0.483 e. The summed E-state index contributed by atoms with van der Waals surface area (Å²) in [7, 11) is 0. The summed E-state index contributed by atoms with van der Waals surface area (Å²) in [4.78, 5) is 24.2. The van der Waals surface area contributed by atoms with Crippen molar-refractivity contribution in [1.29, 1.82) is 0 Å². The SMILES string of the molecule is Cc1ccc(OCC(=O)Nc2ccccc2F)c2c1[C@@H](C)CC2=O. The highest BCUT2D eigenvalue weighted by Crippen LogP contribution is 2.40. The van der Waals surface area contributed by atoms with Gasteiger partial charge in [-0.05, 0) is 42.2 Å². The highest BCUT2D eigenvalue weighted by Gasteiger charge is 2.31. The third kappa shape index (κ3) is 3.02. The van der Waals surface area contributed by atoms with Crippen molar-refractivity contribution < 1.29 is 18.7 Å². The van der Waals surface area contributed by atoms with E-state index in [4.69, 9.17) is 4.74 Å². The van der Waals surface area contributed by atoms with Crippen LogP contribution in [-0.4, -0.2) is 18.3 Å². The van der Waals surface area contributed by atoms with Crippen LogP contribution in [0.1, 0.15) is 40.7 Å². The summed E-state index contributed by atoms with van der Waals surface area (Å²) in [6.45, 7) is 3.68. The molecule has 0 aliphatic heterocycles. The first-order chi connectivity index (χ1) is 11.5. The van der Waals surface area contributed by atoms with Crippen LogP contribution in [0.2, 0.25) is 0 Å². The van der Waals surface area contributed by atoms with Gasteiger partial charge in [0.05, 0.1) is 11.3 Å². The van der Waals surface area contributed by atoms with E-state index in [2.05, 4.69) is 5.32 Å². The average Bonchev–Trinajstić information content (AvgIpc) is 2.85. The van der Waals surface area contributed by atoms with Crippen molar-refractivity contribution in [1.82, 2.24) is 0 Å². The van der Waals surface area contributed by atoms with Gasteiger partial charge in [-0.1, -0.05) is 25.1 Å². The van der Waals surface area contributed by atoms with Gasteiger partial charge in [0, 0.05) is 6.42 Å². The van der Waals surface area contributed by atoms with E-state index in [-0.39, 0.29) is 24.0 Å². The standard InChI is InChI=1S/C19H18FNO3/c1-11-7-8-16(19-15(22)9-12(2)18(11)19)24-10-17(23)21-14-6-4-3-5-13(14)20/h3-8,12H,9-10H2,1-2H3,(H,21,23)/t12-/m0/s1. The average molecular weight is 327 g/mol. The Balaban J connectivity index is 1.73. The molecule has 1 atom stereocenters. The molecule has 0 saturated carbocycles. The molecule has 0 radical (unpaired) electrons. The van der Waals surface area contributed by atoms with Gasteiger partial charge in [-0.25, -0.2) is 4.39 Å². The quantitative estimate of drug-likeness (QED) is 0.928. The number of hydrogen-bond acceptors (Lipinski definition) is 3. The van der Waals surface area contributed by atoms with Crippen molar-refractivity contribution in [3.63, 3.8) is 0 Å². The number of fused-ring (bicyclic) bond motifs is 1. The fraction of sp³-hybridized carbons (Fsp3) is 0.263. The second kappa shape index (κ2) is 6.43. The molecule has 0 saturated heterocycles. The maximum Gasteiger partial charge on any atom is 0.262 e. The van der Waals surface area contributed by atoms with Gasteiger partial charge in [-0.3, -0.25) is 9.59 Å². The summed E-state index contributed by atoms with van der Waals surface area (Å²) < 4.78 is 19.1. The monoisotopic (exact) mass is 327 g/mol. The van der Waals surface area contributed by atoms with Gasteiger partial charge < -0.3 is 10.1 Å². The molecule has 0 aromatic heterocycles. The van der Waals surface area contributed by atoms with E-state index in [1.54, 1.807) is 18.2 Å². The molecule has 0 heterocycles. The Bertz CT molecular complexity index is 816. The van der Waals surface area contributed by atoms with Crippen LogP contribution in [0.15, 0.2) is 36.4 Å². The minimum Gasteiger partial charge on any atom is -0.483 e. The molecule has 124 valence electrons. The number of carbonyl (C=O) groups is 2. The normalized spacial score (nSPS) is 16.0. The van der Waals surface area contributed by atoms with Crippen molar-refractivity contribution in [2.75, 3.05) is 11.9 Å². The van der Waals surface area contributed by atoms with E-state index < -0.39 is 11.7 Å². The predicted molar refractivity (Wildman–Crippen MR) is 89.1 cm³/mol. The van der Waals surface area contributed by atoms with E-state index in [9.17, 15) is 14.0 Å². The molecule has 0 unspecified atom stereocenters. The first-order valence-corrected chi connectivity index (χ1v) is 7.81. The van der Waals surface area contributed by atoms with Gasteiger partial charge in [-0.15, -0.1) is 0 Å². The van der Waals surface area contributed by atoms with Crippen molar-refractivity contribution in [3.05, 3.63) is 58.9 Å². The number of nitrogens with one attached hydrogen (secondary N) is 1. The van der Waals surface area contributed by atoms with Gasteiger partial charge in [0.2, 0.25) is 0 Å². The van der Waals surface area contributed by atoms with Crippen LogP contribution in [0.3, 0.4) is 0 Å². The molecule has 0 fully saturated rings. The second-order valence-corrected chi connectivity index (χ2v) is 6.01. The highest BCUT2D eigenvalue weighted by atomic mass is 19.1. The van der Waals surface area contributed by atoms with Crippen molar-refractivity contribution in [2.45, 2.75) is 26.2 Å². The number of carbonyl (C=O) groups excluding carboxylic acids is 2. The Kier molecular flexibility index (Phi) is 4.34. The number of halogens is 1. The molecule has 1 N–H and O–H groups in total. The Morgan fingerprint density at radius 2 is 2.04 bits per heavy atom. The first-order valence-electron chi connectivity index (χ1n) is 7.81. The summed E-state index contributed by atoms with van der Waals surface area (Å²) in [5.41, 5.74) is 2.71. The zero-order chi connectivity index (χ0) is 17.3. The second-order valence-electron chi connectivity index (χ2n) is 6.01. The molecular formula is C19H18FNO3. The summed E-state index contributed by atoms with van der Waals surface area (Å²) in [5.74, 6) is -0.387. The number of rotatable bonds is 4. The Hall–Kier alpha value is -2.69. The first kappa shape index (κ1) is 16.2. The number of amides is 1. The number of para-hydroxylation sites is 1. The highest BCUT2D eigenvalue weighted by molar-refractivity contribution is 6.04. The van der Waals surface area contributed by atoms with Crippen LogP contribution in [0.5, 0.6) is 5.75 Å². The van der Waals surface area contributed by atoms with Crippen LogP contribution in [0.4, 0.5) is 10.1 Å². The number of ether oxygens (including phenoxy) is 1. The lowest BCUT2D eigenvalue weighted by molar-refractivity contribution is -0.118. The van der Waals surface area contributed by atoms with Crippen LogP contribution in [0, 0.1) is 12.7 Å². The summed E-state index contributed by atoms with van der Waals surface area (Å²) in [6, 6.07) is 9.51. The minimum atomic E-state index is -0.508. The Morgan fingerprint density at radius 1 is 1.29 bits per heavy atom. The van der Waals surface area contributed by atoms with Gasteiger partial charge >= 0.3 is 0 Å². The number of aryl methyl sites for hydroxylation is 1. The molecule has 5 heteroatoms. The lowest BCUT2D eigenvalue weighted by Gasteiger charge is -2.13. The van der Waals surface area contributed by atoms with Gasteiger partial charge in [-0.2, -0.15) is 0 Å². The van der Waals surface area contributed by atoms with Crippen molar-refractivity contribution in [2.24, 2.45) is 0 Å². The lowest BCUT2D eigenvalue weighted by atomic mass is 9.97.